The first kappa shape index (κ1) is 19.9. The Hall–Kier alpha value is -1.80. The Balaban J connectivity index is 1.72. The number of ether oxygens (including phenoxy) is 4. The predicted octanol–water partition coefficient (Wildman–Crippen LogP) is 1.88. The van der Waals surface area contributed by atoms with Crippen LogP contribution < -0.4 is 0 Å². The Kier molecular flexibility index (Phi) is 7.34. The largest absolute Gasteiger partial charge is 0.394 e. The van der Waals surface area contributed by atoms with Crippen molar-refractivity contribution in [3.8, 4) is 0 Å². The van der Waals surface area contributed by atoms with Crippen molar-refractivity contribution in [1.82, 2.24) is 0 Å². The molecule has 5 unspecified atom stereocenters. The summed E-state index contributed by atoms with van der Waals surface area (Å²) >= 11 is 0. The van der Waals surface area contributed by atoms with E-state index in [0.717, 1.165) is 11.1 Å². The maximum absolute atomic E-state index is 10.2. The lowest BCUT2D eigenvalue weighted by molar-refractivity contribution is -0.177. The fraction of sp³-hybridized carbons (Fsp3) is 0.429. The first-order chi connectivity index (χ1) is 13.2. The summed E-state index contributed by atoms with van der Waals surface area (Å²) in [6.07, 6.45) is -3.65. The van der Waals surface area contributed by atoms with Gasteiger partial charge in [0.1, 0.15) is 24.4 Å². The lowest BCUT2D eigenvalue weighted by Crippen LogP contribution is -2.43. The molecular weight excluding hydrogens is 348 g/mol. The van der Waals surface area contributed by atoms with Gasteiger partial charge in [0, 0.05) is 7.11 Å². The molecule has 0 aliphatic carbocycles. The maximum Gasteiger partial charge on any atom is 0.186 e. The van der Waals surface area contributed by atoms with Crippen molar-refractivity contribution in [1.29, 1.82) is 0 Å². The first-order valence-corrected chi connectivity index (χ1v) is 9.01. The molecule has 0 bridgehead atoms. The smallest absolute Gasteiger partial charge is 0.186 e. The highest BCUT2D eigenvalue weighted by atomic mass is 16.7. The number of benzene rings is 2. The van der Waals surface area contributed by atoms with Crippen molar-refractivity contribution in [3.05, 3.63) is 71.8 Å². The molecule has 2 aromatic carbocycles. The van der Waals surface area contributed by atoms with Gasteiger partial charge < -0.3 is 29.2 Å². The van der Waals surface area contributed by atoms with Crippen molar-refractivity contribution < 1.29 is 29.2 Å². The average Bonchev–Trinajstić information content (AvgIpc) is 3.09. The number of aliphatic hydroxyl groups excluding tert-OH is 2. The van der Waals surface area contributed by atoms with E-state index in [4.69, 9.17) is 18.9 Å². The topological polar surface area (TPSA) is 77.4 Å². The van der Waals surface area contributed by atoms with Crippen molar-refractivity contribution in [3.63, 3.8) is 0 Å². The van der Waals surface area contributed by atoms with Crippen LogP contribution in [0.4, 0.5) is 0 Å². The molecule has 1 fully saturated rings. The van der Waals surface area contributed by atoms with Crippen LogP contribution in [0.25, 0.3) is 0 Å². The molecule has 0 saturated carbocycles. The van der Waals surface area contributed by atoms with Crippen LogP contribution in [0.15, 0.2) is 60.7 Å². The quantitative estimate of drug-likeness (QED) is 0.698. The molecule has 0 radical (unpaired) electrons. The van der Waals surface area contributed by atoms with Gasteiger partial charge in [-0.1, -0.05) is 60.7 Å². The Morgan fingerprint density at radius 3 is 1.89 bits per heavy atom. The third-order valence-corrected chi connectivity index (χ3v) is 4.58. The molecule has 1 heterocycles. The number of hydrogen-bond acceptors (Lipinski definition) is 6. The molecule has 6 nitrogen and oxygen atoms in total. The van der Waals surface area contributed by atoms with Crippen LogP contribution in [0.1, 0.15) is 11.1 Å². The molecule has 5 atom stereocenters. The summed E-state index contributed by atoms with van der Waals surface area (Å²) in [5.74, 6) is 0. The van der Waals surface area contributed by atoms with Crippen LogP contribution in [-0.4, -0.2) is 54.6 Å². The van der Waals surface area contributed by atoms with Gasteiger partial charge in [-0.2, -0.15) is 0 Å². The highest BCUT2D eigenvalue weighted by Gasteiger charge is 2.49. The molecular formula is C21H26O6. The van der Waals surface area contributed by atoms with E-state index in [1.54, 1.807) is 0 Å². The summed E-state index contributed by atoms with van der Waals surface area (Å²) in [4.78, 5) is 0. The summed E-state index contributed by atoms with van der Waals surface area (Å²) in [5, 5.41) is 19.6. The Morgan fingerprint density at radius 2 is 1.41 bits per heavy atom. The minimum atomic E-state index is -1.09. The lowest BCUT2D eigenvalue weighted by atomic mass is 10.1. The summed E-state index contributed by atoms with van der Waals surface area (Å²) in [7, 11) is 1.52. The summed E-state index contributed by atoms with van der Waals surface area (Å²) in [6, 6.07) is 19.5. The van der Waals surface area contributed by atoms with Crippen LogP contribution in [0.3, 0.4) is 0 Å². The Bertz CT molecular complexity index is 665. The molecule has 146 valence electrons. The van der Waals surface area contributed by atoms with E-state index in [-0.39, 0.29) is 0 Å². The van der Waals surface area contributed by atoms with E-state index in [2.05, 4.69) is 0 Å². The molecule has 0 spiro atoms. The molecule has 1 saturated heterocycles. The monoisotopic (exact) mass is 374 g/mol. The minimum Gasteiger partial charge on any atom is -0.394 e. The predicted molar refractivity (Wildman–Crippen MR) is 98.8 cm³/mol. The lowest BCUT2D eigenvalue weighted by Gasteiger charge is -2.26. The van der Waals surface area contributed by atoms with Gasteiger partial charge in [0.25, 0.3) is 0 Å². The molecule has 2 aromatic rings. The van der Waals surface area contributed by atoms with Crippen LogP contribution >= 0.6 is 0 Å². The molecule has 1 aliphatic rings. The first-order valence-electron chi connectivity index (χ1n) is 9.01. The zero-order valence-electron chi connectivity index (χ0n) is 15.3. The van der Waals surface area contributed by atoms with E-state index in [1.165, 1.54) is 7.11 Å². The molecule has 27 heavy (non-hydrogen) atoms. The highest BCUT2D eigenvalue weighted by molar-refractivity contribution is 5.14. The SMILES string of the molecule is COC1OC(C(O)CO)C(OCc2ccccc2)C1OCc1ccccc1. The van der Waals surface area contributed by atoms with Gasteiger partial charge in [-0.05, 0) is 11.1 Å². The maximum atomic E-state index is 10.2. The van der Waals surface area contributed by atoms with Crippen LogP contribution in [0.2, 0.25) is 0 Å². The van der Waals surface area contributed by atoms with Gasteiger partial charge in [-0.3, -0.25) is 0 Å². The van der Waals surface area contributed by atoms with E-state index in [0.29, 0.717) is 13.2 Å². The van der Waals surface area contributed by atoms with Gasteiger partial charge in [0.2, 0.25) is 0 Å². The van der Waals surface area contributed by atoms with Gasteiger partial charge >= 0.3 is 0 Å². The molecule has 6 heteroatoms. The summed E-state index contributed by atoms with van der Waals surface area (Å²) < 4.78 is 23.3. The fourth-order valence-electron chi connectivity index (χ4n) is 3.15. The van der Waals surface area contributed by atoms with Gasteiger partial charge in [0.15, 0.2) is 6.29 Å². The number of rotatable bonds is 9. The van der Waals surface area contributed by atoms with Crippen molar-refractivity contribution in [2.24, 2.45) is 0 Å². The van der Waals surface area contributed by atoms with Crippen molar-refractivity contribution in [2.45, 2.75) is 43.9 Å². The van der Waals surface area contributed by atoms with Crippen LogP contribution in [-0.2, 0) is 32.2 Å². The molecule has 1 aliphatic heterocycles. The standard InChI is InChI=1S/C21H26O6/c1-24-21-20(26-14-16-10-6-3-7-11-16)19(18(27-21)17(23)12-22)25-13-15-8-4-2-5-9-15/h2-11,17-23H,12-14H2,1H3. The van der Waals surface area contributed by atoms with Crippen LogP contribution in [0, 0.1) is 0 Å². The van der Waals surface area contributed by atoms with E-state index < -0.39 is 37.3 Å². The molecule has 3 rings (SSSR count). The highest BCUT2D eigenvalue weighted by Crippen LogP contribution is 2.30. The van der Waals surface area contributed by atoms with Gasteiger partial charge in [-0.25, -0.2) is 0 Å². The zero-order chi connectivity index (χ0) is 19.1. The summed E-state index contributed by atoms with van der Waals surface area (Å²) in [6.45, 7) is 0.269. The van der Waals surface area contributed by atoms with Crippen molar-refractivity contribution in [2.75, 3.05) is 13.7 Å². The Morgan fingerprint density at radius 1 is 0.889 bits per heavy atom. The van der Waals surface area contributed by atoms with Gasteiger partial charge in [0.05, 0.1) is 19.8 Å². The third-order valence-electron chi connectivity index (χ3n) is 4.58. The number of methoxy groups -OCH3 is 1. The Labute approximate surface area is 159 Å². The second kappa shape index (κ2) is 9.94. The van der Waals surface area contributed by atoms with E-state index in [1.807, 2.05) is 60.7 Å². The normalized spacial score (nSPS) is 26.2. The van der Waals surface area contributed by atoms with Crippen molar-refractivity contribution >= 4 is 0 Å². The summed E-state index contributed by atoms with van der Waals surface area (Å²) in [5.41, 5.74) is 2.01. The van der Waals surface area contributed by atoms with E-state index in [9.17, 15) is 10.2 Å². The average molecular weight is 374 g/mol. The molecule has 2 N–H and O–H groups in total. The second-order valence-corrected chi connectivity index (χ2v) is 6.48. The van der Waals surface area contributed by atoms with E-state index >= 15 is 0 Å². The minimum absolute atomic E-state index is 0.338. The fourth-order valence-corrected chi connectivity index (χ4v) is 3.15. The second-order valence-electron chi connectivity index (χ2n) is 6.48. The molecule has 0 amide bonds. The number of hydrogen-bond donors (Lipinski definition) is 2. The zero-order valence-corrected chi connectivity index (χ0v) is 15.3. The number of aliphatic hydroxyl groups is 2. The third kappa shape index (κ3) is 5.13. The van der Waals surface area contributed by atoms with Gasteiger partial charge in [-0.15, -0.1) is 0 Å². The molecule has 0 aromatic heterocycles. The van der Waals surface area contributed by atoms with Crippen LogP contribution in [0.5, 0.6) is 0 Å².